The first-order chi connectivity index (χ1) is 9.15. The summed E-state index contributed by atoms with van der Waals surface area (Å²) in [6.07, 6.45) is 0. The van der Waals surface area contributed by atoms with Gasteiger partial charge in [0.15, 0.2) is 0 Å². The summed E-state index contributed by atoms with van der Waals surface area (Å²) in [5, 5.41) is 0. The molecule has 5 heteroatoms. The third kappa shape index (κ3) is 2.89. The van der Waals surface area contributed by atoms with Crippen LogP contribution in [0.2, 0.25) is 0 Å². The van der Waals surface area contributed by atoms with Gasteiger partial charge in [-0.05, 0) is 35.9 Å². The molecular weight excluding hydrogens is 250 g/mol. The van der Waals surface area contributed by atoms with E-state index in [1.807, 2.05) is 0 Å². The number of hydrogen-bond acceptors (Lipinski definition) is 3. The summed E-state index contributed by atoms with van der Waals surface area (Å²) >= 11 is 0. The highest BCUT2D eigenvalue weighted by atomic mass is 19.1. The molecule has 0 aliphatic heterocycles. The van der Waals surface area contributed by atoms with Crippen LogP contribution in [0.15, 0.2) is 42.5 Å². The van der Waals surface area contributed by atoms with E-state index in [1.54, 1.807) is 12.1 Å². The lowest BCUT2D eigenvalue weighted by molar-refractivity contribution is 0.402. The molecule has 0 spiro atoms. The third-order valence-electron chi connectivity index (χ3n) is 2.87. The van der Waals surface area contributed by atoms with Crippen molar-refractivity contribution in [3.63, 3.8) is 0 Å². The SMILES string of the molecule is COc1ccc(F)cc1C(NN)c1ccc(F)cc1. The van der Waals surface area contributed by atoms with Crippen molar-refractivity contribution in [1.29, 1.82) is 0 Å². The van der Waals surface area contributed by atoms with Gasteiger partial charge < -0.3 is 4.74 Å². The summed E-state index contributed by atoms with van der Waals surface area (Å²) < 4.78 is 31.5. The Bertz CT molecular complexity index is 558. The quantitative estimate of drug-likeness (QED) is 0.659. The molecular formula is C14H14F2N2O. The van der Waals surface area contributed by atoms with Gasteiger partial charge in [0.25, 0.3) is 0 Å². The fourth-order valence-electron chi connectivity index (χ4n) is 1.95. The molecule has 0 amide bonds. The second-order valence-corrected chi connectivity index (χ2v) is 4.04. The Morgan fingerprint density at radius 2 is 1.68 bits per heavy atom. The second-order valence-electron chi connectivity index (χ2n) is 4.04. The van der Waals surface area contributed by atoms with Gasteiger partial charge in [0, 0.05) is 5.56 Å². The largest absolute Gasteiger partial charge is 0.496 e. The molecule has 3 N–H and O–H groups in total. The predicted molar refractivity (Wildman–Crippen MR) is 68.5 cm³/mol. The van der Waals surface area contributed by atoms with E-state index in [4.69, 9.17) is 10.6 Å². The molecule has 0 saturated carbocycles. The maximum absolute atomic E-state index is 13.4. The van der Waals surface area contributed by atoms with Crippen LogP contribution in [0.25, 0.3) is 0 Å². The molecule has 0 aliphatic carbocycles. The van der Waals surface area contributed by atoms with Crippen molar-refractivity contribution in [1.82, 2.24) is 5.43 Å². The minimum absolute atomic E-state index is 0.342. The first-order valence-electron chi connectivity index (χ1n) is 5.70. The Balaban J connectivity index is 2.47. The number of nitrogens with two attached hydrogens (primary N) is 1. The Kier molecular flexibility index (Phi) is 4.09. The highest BCUT2D eigenvalue weighted by Gasteiger charge is 2.17. The van der Waals surface area contributed by atoms with Gasteiger partial charge in [0.2, 0.25) is 0 Å². The van der Waals surface area contributed by atoms with E-state index < -0.39 is 11.9 Å². The van der Waals surface area contributed by atoms with E-state index in [0.717, 1.165) is 0 Å². The van der Waals surface area contributed by atoms with Crippen molar-refractivity contribution >= 4 is 0 Å². The highest BCUT2D eigenvalue weighted by molar-refractivity contribution is 5.41. The van der Waals surface area contributed by atoms with Crippen LogP contribution >= 0.6 is 0 Å². The lowest BCUT2D eigenvalue weighted by Crippen LogP contribution is -2.29. The van der Waals surface area contributed by atoms with Crippen molar-refractivity contribution in [2.75, 3.05) is 7.11 Å². The zero-order valence-corrected chi connectivity index (χ0v) is 10.4. The van der Waals surface area contributed by atoms with Gasteiger partial charge in [0.05, 0.1) is 13.2 Å². The summed E-state index contributed by atoms with van der Waals surface area (Å²) in [6.45, 7) is 0. The molecule has 1 atom stereocenters. The molecule has 2 aromatic rings. The van der Waals surface area contributed by atoms with Crippen LogP contribution in [0.5, 0.6) is 5.75 Å². The van der Waals surface area contributed by atoms with Gasteiger partial charge in [-0.25, -0.2) is 14.2 Å². The van der Waals surface area contributed by atoms with Crippen molar-refractivity contribution in [2.24, 2.45) is 5.84 Å². The van der Waals surface area contributed by atoms with Crippen LogP contribution in [0, 0.1) is 11.6 Å². The first kappa shape index (κ1) is 13.5. The average Bonchev–Trinajstić information content (AvgIpc) is 2.42. The second kappa shape index (κ2) is 5.77. The number of methoxy groups -OCH3 is 1. The maximum atomic E-state index is 13.4. The Hall–Kier alpha value is -1.98. The van der Waals surface area contributed by atoms with Crippen LogP contribution in [-0.2, 0) is 0 Å². The fraction of sp³-hybridized carbons (Fsp3) is 0.143. The number of nitrogens with one attached hydrogen (secondary N) is 1. The zero-order chi connectivity index (χ0) is 13.8. The molecule has 0 radical (unpaired) electrons. The van der Waals surface area contributed by atoms with Crippen LogP contribution in [-0.4, -0.2) is 7.11 Å². The fourth-order valence-corrected chi connectivity index (χ4v) is 1.95. The van der Waals surface area contributed by atoms with Gasteiger partial charge in [-0.1, -0.05) is 12.1 Å². The summed E-state index contributed by atoms with van der Waals surface area (Å²) in [5.74, 6) is 5.30. The highest BCUT2D eigenvalue weighted by Crippen LogP contribution is 2.30. The standard InChI is InChI=1S/C14H14F2N2O/c1-19-13-7-6-11(16)8-12(13)14(18-17)9-2-4-10(15)5-3-9/h2-8,14,18H,17H2,1H3. The van der Waals surface area contributed by atoms with Gasteiger partial charge in [-0.2, -0.15) is 0 Å². The topological polar surface area (TPSA) is 47.3 Å². The van der Waals surface area contributed by atoms with Crippen molar-refractivity contribution in [2.45, 2.75) is 6.04 Å². The molecule has 2 aromatic carbocycles. The summed E-state index contributed by atoms with van der Waals surface area (Å²) in [7, 11) is 1.50. The van der Waals surface area contributed by atoms with Crippen molar-refractivity contribution in [3.05, 3.63) is 65.2 Å². The maximum Gasteiger partial charge on any atom is 0.124 e. The molecule has 0 fully saturated rings. The molecule has 2 rings (SSSR count). The number of hydrogen-bond donors (Lipinski definition) is 2. The molecule has 100 valence electrons. The van der Waals surface area contributed by atoms with Crippen LogP contribution < -0.4 is 16.0 Å². The Labute approximate surface area is 110 Å². The summed E-state index contributed by atoms with van der Waals surface area (Å²) in [5.41, 5.74) is 3.85. The van der Waals surface area contributed by atoms with Gasteiger partial charge in [0.1, 0.15) is 17.4 Å². The molecule has 0 aliphatic rings. The van der Waals surface area contributed by atoms with Gasteiger partial charge in [-0.3, -0.25) is 5.84 Å². The smallest absolute Gasteiger partial charge is 0.124 e. The van der Waals surface area contributed by atoms with Crippen molar-refractivity contribution in [3.8, 4) is 5.75 Å². The van der Waals surface area contributed by atoms with E-state index in [-0.39, 0.29) is 5.82 Å². The van der Waals surface area contributed by atoms with E-state index >= 15 is 0 Å². The van der Waals surface area contributed by atoms with E-state index in [2.05, 4.69) is 5.43 Å². The number of hydrazine groups is 1. The normalized spacial score (nSPS) is 12.2. The lowest BCUT2D eigenvalue weighted by Gasteiger charge is -2.19. The van der Waals surface area contributed by atoms with E-state index in [9.17, 15) is 8.78 Å². The Morgan fingerprint density at radius 3 is 2.26 bits per heavy atom. The summed E-state index contributed by atoms with van der Waals surface area (Å²) in [6, 6.07) is 9.52. The van der Waals surface area contributed by atoms with E-state index in [1.165, 1.54) is 37.4 Å². The minimum atomic E-state index is -0.480. The summed E-state index contributed by atoms with van der Waals surface area (Å²) in [4.78, 5) is 0. The monoisotopic (exact) mass is 264 g/mol. The molecule has 0 heterocycles. The Morgan fingerprint density at radius 1 is 1.05 bits per heavy atom. The number of rotatable bonds is 4. The molecule has 0 saturated heterocycles. The minimum Gasteiger partial charge on any atom is -0.496 e. The molecule has 1 unspecified atom stereocenters. The number of benzene rings is 2. The van der Waals surface area contributed by atoms with Gasteiger partial charge in [-0.15, -0.1) is 0 Å². The van der Waals surface area contributed by atoms with E-state index in [0.29, 0.717) is 16.9 Å². The number of ether oxygens (including phenoxy) is 1. The van der Waals surface area contributed by atoms with Crippen molar-refractivity contribution < 1.29 is 13.5 Å². The molecule has 19 heavy (non-hydrogen) atoms. The predicted octanol–water partition coefficient (Wildman–Crippen LogP) is 2.53. The lowest BCUT2D eigenvalue weighted by atomic mass is 9.98. The molecule has 3 nitrogen and oxygen atoms in total. The zero-order valence-electron chi connectivity index (χ0n) is 10.4. The van der Waals surface area contributed by atoms with Crippen LogP contribution in [0.4, 0.5) is 8.78 Å². The van der Waals surface area contributed by atoms with Crippen LogP contribution in [0.1, 0.15) is 17.2 Å². The third-order valence-corrected chi connectivity index (χ3v) is 2.87. The molecule has 0 aromatic heterocycles. The number of halogens is 2. The first-order valence-corrected chi connectivity index (χ1v) is 5.70. The van der Waals surface area contributed by atoms with Gasteiger partial charge >= 0.3 is 0 Å². The molecule has 0 bridgehead atoms. The van der Waals surface area contributed by atoms with Crippen LogP contribution in [0.3, 0.4) is 0 Å². The average molecular weight is 264 g/mol.